The second kappa shape index (κ2) is 5.08. The van der Waals surface area contributed by atoms with Gasteiger partial charge in [0.1, 0.15) is 23.7 Å². The lowest BCUT2D eigenvalue weighted by Gasteiger charge is -2.18. The van der Waals surface area contributed by atoms with Crippen molar-refractivity contribution >= 4 is 0 Å². The van der Waals surface area contributed by atoms with E-state index in [1.807, 2.05) is 42.5 Å². The van der Waals surface area contributed by atoms with E-state index in [1.165, 1.54) is 0 Å². The first-order valence-corrected chi connectivity index (χ1v) is 7.49. The van der Waals surface area contributed by atoms with Gasteiger partial charge in [0, 0.05) is 6.42 Å². The van der Waals surface area contributed by atoms with Crippen LogP contribution in [0.4, 0.5) is 0 Å². The average Bonchev–Trinajstić information content (AvgIpc) is 3.22. The summed E-state index contributed by atoms with van der Waals surface area (Å²) in [5, 5.41) is 10.5. The summed E-state index contributed by atoms with van der Waals surface area (Å²) in [7, 11) is 0. The van der Waals surface area contributed by atoms with Gasteiger partial charge in [-0.25, -0.2) is 0 Å². The zero-order valence-corrected chi connectivity index (χ0v) is 11.7. The molecule has 4 rings (SSSR count). The molecule has 0 radical (unpaired) electrons. The third-order valence-electron chi connectivity index (χ3n) is 4.07. The van der Waals surface area contributed by atoms with Crippen LogP contribution in [-0.2, 0) is 6.42 Å². The normalized spacial score (nSPS) is 21.5. The molecule has 0 saturated heterocycles. The van der Waals surface area contributed by atoms with Crippen molar-refractivity contribution in [2.45, 2.75) is 37.6 Å². The SMILES string of the molecule is OC(c1ccc(OC2CC2)cc1)C1Cc2ccccc2O1. The average molecular weight is 282 g/mol. The second-order valence-electron chi connectivity index (χ2n) is 5.80. The minimum atomic E-state index is -0.618. The number of rotatable bonds is 4. The molecule has 3 heteroatoms. The van der Waals surface area contributed by atoms with Crippen molar-refractivity contribution < 1.29 is 14.6 Å². The first kappa shape index (κ1) is 12.7. The van der Waals surface area contributed by atoms with Crippen LogP contribution in [0.2, 0.25) is 0 Å². The van der Waals surface area contributed by atoms with Crippen LogP contribution in [0.5, 0.6) is 11.5 Å². The van der Waals surface area contributed by atoms with Gasteiger partial charge in [-0.1, -0.05) is 30.3 Å². The van der Waals surface area contributed by atoms with Crippen LogP contribution in [0.1, 0.15) is 30.1 Å². The number of ether oxygens (including phenoxy) is 2. The molecule has 1 saturated carbocycles. The van der Waals surface area contributed by atoms with E-state index in [0.717, 1.165) is 41.9 Å². The fourth-order valence-corrected chi connectivity index (χ4v) is 2.72. The molecule has 2 aromatic rings. The van der Waals surface area contributed by atoms with E-state index < -0.39 is 6.10 Å². The van der Waals surface area contributed by atoms with Gasteiger partial charge in [0.2, 0.25) is 0 Å². The Balaban J connectivity index is 1.46. The molecule has 0 bridgehead atoms. The highest BCUT2D eigenvalue weighted by Crippen LogP contribution is 2.34. The van der Waals surface area contributed by atoms with Gasteiger partial charge in [0.15, 0.2) is 0 Å². The maximum absolute atomic E-state index is 10.5. The van der Waals surface area contributed by atoms with Crippen molar-refractivity contribution in [3.05, 3.63) is 59.7 Å². The highest BCUT2D eigenvalue weighted by Gasteiger charge is 2.30. The standard InChI is InChI=1S/C18H18O3/c19-18(17-11-13-3-1-2-4-16(13)21-17)12-5-7-14(8-6-12)20-15-9-10-15/h1-8,15,17-19H,9-11H2. The van der Waals surface area contributed by atoms with Crippen LogP contribution in [0.15, 0.2) is 48.5 Å². The Morgan fingerprint density at radius 3 is 2.52 bits per heavy atom. The molecular formula is C18H18O3. The Bertz CT molecular complexity index is 606. The van der Waals surface area contributed by atoms with Crippen LogP contribution in [0, 0.1) is 0 Å². The second-order valence-corrected chi connectivity index (χ2v) is 5.80. The van der Waals surface area contributed by atoms with Gasteiger partial charge in [0.05, 0.1) is 6.10 Å². The van der Waals surface area contributed by atoms with E-state index in [2.05, 4.69) is 6.07 Å². The summed E-state index contributed by atoms with van der Waals surface area (Å²) in [6, 6.07) is 15.7. The van der Waals surface area contributed by atoms with Crippen LogP contribution in [-0.4, -0.2) is 17.3 Å². The van der Waals surface area contributed by atoms with Gasteiger partial charge in [-0.3, -0.25) is 0 Å². The molecule has 0 spiro atoms. The van der Waals surface area contributed by atoms with Crippen molar-refractivity contribution in [3.63, 3.8) is 0 Å². The number of hydrogen-bond donors (Lipinski definition) is 1. The molecule has 21 heavy (non-hydrogen) atoms. The maximum Gasteiger partial charge on any atom is 0.133 e. The molecule has 2 aliphatic rings. The quantitative estimate of drug-likeness (QED) is 0.935. The molecule has 0 aromatic heterocycles. The van der Waals surface area contributed by atoms with Crippen molar-refractivity contribution in [1.29, 1.82) is 0 Å². The molecule has 2 unspecified atom stereocenters. The first-order chi connectivity index (χ1) is 10.3. The monoisotopic (exact) mass is 282 g/mol. The van der Waals surface area contributed by atoms with Crippen molar-refractivity contribution in [1.82, 2.24) is 0 Å². The molecule has 1 N–H and O–H groups in total. The zero-order valence-electron chi connectivity index (χ0n) is 11.7. The Morgan fingerprint density at radius 2 is 1.81 bits per heavy atom. The molecule has 108 valence electrons. The molecule has 1 fully saturated rings. The summed E-state index contributed by atoms with van der Waals surface area (Å²) in [6.07, 6.45) is 2.62. The third kappa shape index (κ3) is 2.61. The fourth-order valence-electron chi connectivity index (χ4n) is 2.72. The molecular weight excluding hydrogens is 264 g/mol. The number of aliphatic hydroxyl groups excluding tert-OH is 1. The lowest BCUT2D eigenvalue weighted by molar-refractivity contribution is 0.0492. The summed E-state index contributed by atoms with van der Waals surface area (Å²) in [6.45, 7) is 0. The lowest BCUT2D eigenvalue weighted by Crippen LogP contribution is -2.23. The van der Waals surface area contributed by atoms with Gasteiger partial charge in [-0.15, -0.1) is 0 Å². The summed E-state index contributed by atoms with van der Waals surface area (Å²) >= 11 is 0. The molecule has 0 amide bonds. The Morgan fingerprint density at radius 1 is 1.05 bits per heavy atom. The van der Waals surface area contributed by atoms with Crippen molar-refractivity contribution in [2.24, 2.45) is 0 Å². The van der Waals surface area contributed by atoms with Gasteiger partial charge in [0.25, 0.3) is 0 Å². The molecule has 3 nitrogen and oxygen atoms in total. The number of benzene rings is 2. The van der Waals surface area contributed by atoms with Crippen LogP contribution in [0.25, 0.3) is 0 Å². The van der Waals surface area contributed by atoms with E-state index in [-0.39, 0.29) is 6.10 Å². The van der Waals surface area contributed by atoms with Crippen molar-refractivity contribution in [2.75, 3.05) is 0 Å². The summed E-state index contributed by atoms with van der Waals surface area (Å²) in [4.78, 5) is 0. The summed E-state index contributed by atoms with van der Waals surface area (Å²) in [5.74, 6) is 1.76. The maximum atomic E-state index is 10.5. The van der Waals surface area contributed by atoms with Crippen LogP contribution < -0.4 is 9.47 Å². The molecule has 2 aromatic carbocycles. The lowest BCUT2D eigenvalue weighted by atomic mass is 10.0. The van der Waals surface area contributed by atoms with Gasteiger partial charge < -0.3 is 14.6 Å². The van der Waals surface area contributed by atoms with Gasteiger partial charge in [-0.2, -0.15) is 0 Å². The first-order valence-electron chi connectivity index (χ1n) is 7.49. The minimum absolute atomic E-state index is 0.211. The van der Waals surface area contributed by atoms with E-state index in [0.29, 0.717) is 6.10 Å². The highest BCUT2D eigenvalue weighted by molar-refractivity contribution is 5.38. The van der Waals surface area contributed by atoms with Gasteiger partial charge >= 0.3 is 0 Å². The molecule has 2 atom stereocenters. The van der Waals surface area contributed by atoms with Crippen LogP contribution >= 0.6 is 0 Å². The van der Waals surface area contributed by atoms with E-state index >= 15 is 0 Å². The van der Waals surface area contributed by atoms with Crippen molar-refractivity contribution in [3.8, 4) is 11.5 Å². The van der Waals surface area contributed by atoms with E-state index in [4.69, 9.17) is 9.47 Å². The summed E-state index contributed by atoms with van der Waals surface area (Å²) < 4.78 is 11.6. The number of fused-ring (bicyclic) bond motifs is 1. The largest absolute Gasteiger partial charge is 0.490 e. The molecule has 1 heterocycles. The topological polar surface area (TPSA) is 38.7 Å². The predicted molar refractivity (Wildman–Crippen MR) is 79.6 cm³/mol. The zero-order chi connectivity index (χ0) is 14.2. The smallest absolute Gasteiger partial charge is 0.133 e. The highest BCUT2D eigenvalue weighted by atomic mass is 16.5. The minimum Gasteiger partial charge on any atom is -0.490 e. The number of aliphatic hydroxyl groups is 1. The Labute approximate surface area is 124 Å². The number of para-hydroxylation sites is 1. The predicted octanol–water partition coefficient (Wildman–Crippen LogP) is 3.26. The molecule has 1 aliphatic carbocycles. The fraction of sp³-hybridized carbons (Fsp3) is 0.333. The van der Waals surface area contributed by atoms with Crippen LogP contribution in [0.3, 0.4) is 0 Å². The Hall–Kier alpha value is -2.00. The summed E-state index contributed by atoms with van der Waals surface area (Å²) in [5.41, 5.74) is 2.03. The number of hydrogen-bond acceptors (Lipinski definition) is 3. The third-order valence-corrected chi connectivity index (χ3v) is 4.07. The van der Waals surface area contributed by atoms with E-state index in [9.17, 15) is 5.11 Å². The Kier molecular flexibility index (Phi) is 3.08. The van der Waals surface area contributed by atoms with E-state index in [1.54, 1.807) is 0 Å². The van der Waals surface area contributed by atoms with Gasteiger partial charge in [-0.05, 0) is 42.2 Å². The molecule has 1 aliphatic heterocycles.